The van der Waals surface area contributed by atoms with Gasteiger partial charge >= 0.3 is 0 Å². The number of hydrogen-bond donors (Lipinski definition) is 0. The van der Waals surface area contributed by atoms with Crippen molar-refractivity contribution in [3.8, 4) is 11.5 Å². The molecule has 2 amide bonds. The van der Waals surface area contributed by atoms with Gasteiger partial charge in [0.15, 0.2) is 6.61 Å². The van der Waals surface area contributed by atoms with Crippen LogP contribution in [0, 0.1) is 0 Å². The van der Waals surface area contributed by atoms with Gasteiger partial charge < -0.3 is 19.3 Å². The Balaban J connectivity index is 1.64. The molecule has 0 atom stereocenters. The first-order valence-electron chi connectivity index (χ1n) is 8.58. The van der Waals surface area contributed by atoms with Gasteiger partial charge in [0.05, 0.1) is 12.8 Å². The molecule has 0 aliphatic carbocycles. The second-order valence-electron chi connectivity index (χ2n) is 6.26. The van der Waals surface area contributed by atoms with Crippen LogP contribution < -0.4 is 14.4 Å². The van der Waals surface area contributed by atoms with Gasteiger partial charge in [-0.25, -0.2) is 0 Å². The summed E-state index contributed by atoms with van der Waals surface area (Å²) in [7, 11) is 3.35. The molecule has 7 heteroatoms. The van der Waals surface area contributed by atoms with Crippen LogP contribution in [0.15, 0.2) is 46.9 Å². The fourth-order valence-corrected chi connectivity index (χ4v) is 3.42. The highest BCUT2D eigenvalue weighted by Crippen LogP contribution is 2.31. The van der Waals surface area contributed by atoms with Crippen molar-refractivity contribution < 1.29 is 19.1 Å². The van der Waals surface area contributed by atoms with Crippen LogP contribution in [0.1, 0.15) is 12.0 Å². The van der Waals surface area contributed by atoms with E-state index in [-0.39, 0.29) is 24.8 Å². The van der Waals surface area contributed by atoms with Crippen LogP contribution in [0.2, 0.25) is 0 Å². The van der Waals surface area contributed by atoms with Crippen LogP contribution in [0.3, 0.4) is 0 Å². The van der Waals surface area contributed by atoms with Crippen molar-refractivity contribution in [1.29, 1.82) is 0 Å². The Morgan fingerprint density at radius 1 is 1.30 bits per heavy atom. The van der Waals surface area contributed by atoms with Crippen molar-refractivity contribution in [1.82, 2.24) is 4.90 Å². The maximum absolute atomic E-state index is 12.6. The predicted molar refractivity (Wildman–Crippen MR) is 106 cm³/mol. The quantitative estimate of drug-likeness (QED) is 0.702. The van der Waals surface area contributed by atoms with Gasteiger partial charge in [0.2, 0.25) is 5.91 Å². The average Bonchev–Trinajstić information content (AvgIpc) is 2.67. The summed E-state index contributed by atoms with van der Waals surface area (Å²) in [5, 5.41) is 0. The standard InChI is InChI=1S/C20H21BrN2O4/c1-22(12-14-11-15(21)7-8-17(14)26-2)19(24)9-10-23-16-5-3-4-6-18(16)27-13-20(23)25/h3-8,11H,9-10,12-13H2,1-2H3. The molecule has 0 N–H and O–H groups in total. The van der Waals surface area contributed by atoms with E-state index in [1.54, 1.807) is 24.0 Å². The number of carbonyl (C=O) groups is 2. The molecule has 1 heterocycles. The second-order valence-corrected chi connectivity index (χ2v) is 7.17. The summed E-state index contributed by atoms with van der Waals surface area (Å²) in [6.45, 7) is 0.739. The van der Waals surface area contributed by atoms with Gasteiger partial charge in [-0.1, -0.05) is 28.1 Å². The van der Waals surface area contributed by atoms with Crippen molar-refractivity contribution in [2.24, 2.45) is 0 Å². The summed E-state index contributed by atoms with van der Waals surface area (Å²) in [6.07, 6.45) is 0.229. The Kier molecular flexibility index (Phi) is 6.01. The van der Waals surface area contributed by atoms with E-state index < -0.39 is 0 Å². The molecule has 0 bridgehead atoms. The maximum atomic E-state index is 12.6. The number of ether oxygens (including phenoxy) is 2. The lowest BCUT2D eigenvalue weighted by molar-refractivity contribution is -0.130. The van der Waals surface area contributed by atoms with Gasteiger partial charge in [-0.05, 0) is 30.3 Å². The monoisotopic (exact) mass is 432 g/mol. The lowest BCUT2D eigenvalue weighted by Crippen LogP contribution is -2.41. The zero-order valence-corrected chi connectivity index (χ0v) is 16.9. The molecule has 142 valence electrons. The SMILES string of the molecule is COc1ccc(Br)cc1CN(C)C(=O)CCN1C(=O)COc2ccccc21. The molecule has 0 radical (unpaired) electrons. The number of amides is 2. The average molecular weight is 433 g/mol. The molecule has 3 rings (SSSR count). The number of carbonyl (C=O) groups excluding carboxylic acids is 2. The maximum Gasteiger partial charge on any atom is 0.265 e. The lowest BCUT2D eigenvalue weighted by atomic mass is 10.2. The van der Waals surface area contributed by atoms with Crippen molar-refractivity contribution in [2.45, 2.75) is 13.0 Å². The summed E-state index contributed by atoms with van der Waals surface area (Å²) in [6, 6.07) is 13.0. The third-order valence-corrected chi connectivity index (χ3v) is 4.93. The zero-order valence-electron chi connectivity index (χ0n) is 15.3. The number of anilines is 1. The molecule has 2 aromatic carbocycles. The largest absolute Gasteiger partial charge is 0.496 e. The molecular weight excluding hydrogens is 412 g/mol. The molecule has 2 aromatic rings. The first-order valence-corrected chi connectivity index (χ1v) is 9.37. The van der Waals surface area contributed by atoms with Crippen LogP contribution in [-0.4, -0.2) is 44.0 Å². The van der Waals surface area contributed by atoms with Gasteiger partial charge in [-0.15, -0.1) is 0 Å². The smallest absolute Gasteiger partial charge is 0.265 e. The number of halogens is 1. The van der Waals surface area contributed by atoms with E-state index in [0.717, 1.165) is 15.8 Å². The van der Waals surface area contributed by atoms with E-state index >= 15 is 0 Å². The minimum absolute atomic E-state index is 0.00369. The number of hydrogen-bond acceptors (Lipinski definition) is 4. The van der Waals surface area contributed by atoms with Gasteiger partial charge in [-0.2, -0.15) is 0 Å². The Morgan fingerprint density at radius 3 is 2.85 bits per heavy atom. The third-order valence-electron chi connectivity index (χ3n) is 4.43. The Bertz CT molecular complexity index is 856. The Hall–Kier alpha value is -2.54. The first-order chi connectivity index (χ1) is 13.0. The van der Waals surface area contributed by atoms with E-state index in [0.29, 0.717) is 24.5 Å². The van der Waals surface area contributed by atoms with E-state index in [2.05, 4.69) is 15.9 Å². The zero-order chi connectivity index (χ0) is 19.4. The molecule has 27 heavy (non-hydrogen) atoms. The molecule has 1 aliphatic heterocycles. The van der Waals surface area contributed by atoms with Gasteiger partial charge in [0.1, 0.15) is 11.5 Å². The summed E-state index contributed by atoms with van der Waals surface area (Å²) in [5.74, 6) is 1.21. The van der Waals surface area contributed by atoms with Gasteiger partial charge in [-0.3, -0.25) is 9.59 Å². The molecule has 1 aliphatic rings. The number of para-hydroxylation sites is 2. The van der Waals surface area contributed by atoms with Crippen molar-refractivity contribution in [3.05, 3.63) is 52.5 Å². The molecule has 0 unspecified atom stereocenters. The summed E-state index contributed by atoms with van der Waals surface area (Å²) >= 11 is 3.44. The molecule has 0 fully saturated rings. The molecule has 0 saturated carbocycles. The molecular formula is C20H21BrN2O4. The van der Waals surface area contributed by atoms with Crippen LogP contribution in [0.25, 0.3) is 0 Å². The van der Waals surface area contributed by atoms with Crippen LogP contribution >= 0.6 is 15.9 Å². The number of fused-ring (bicyclic) bond motifs is 1. The fourth-order valence-electron chi connectivity index (χ4n) is 3.01. The number of nitrogens with zero attached hydrogens (tertiary/aromatic N) is 2. The highest BCUT2D eigenvalue weighted by Gasteiger charge is 2.26. The minimum atomic E-state index is -0.141. The third kappa shape index (κ3) is 4.42. The van der Waals surface area contributed by atoms with Crippen LogP contribution in [0.4, 0.5) is 5.69 Å². The molecule has 0 saturated heterocycles. The van der Waals surface area contributed by atoms with Crippen molar-refractivity contribution in [3.63, 3.8) is 0 Å². The van der Waals surface area contributed by atoms with Crippen molar-refractivity contribution in [2.75, 3.05) is 32.2 Å². The highest BCUT2D eigenvalue weighted by atomic mass is 79.9. The Morgan fingerprint density at radius 2 is 2.07 bits per heavy atom. The Labute approximate surface area is 166 Å². The summed E-state index contributed by atoms with van der Waals surface area (Å²) < 4.78 is 11.7. The normalized spacial score (nSPS) is 13.0. The number of benzene rings is 2. The van der Waals surface area contributed by atoms with E-state index in [1.165, 1.54) is 0 Å². The minimum Gasteiger partial charge on any atom is -0.496 e. The first kappa shape index (κ1) is 19.2. The topological polar surface area (TPSA) is 59.1 Å². The summed E-state index contributed by atoms with van der Waals surface area (Å²) in [5.41, 5.74) is 1.62. The van der Waals surface area contributed by atoms with Gasteiger partial charge in [0.25, 0.3) is 5.91 Å². The van der Waals surface area contributed by atoms with E-state index in [9.17, 15) is 9.59 Å². The fraction of sp³-hybridized carbons (Fsp3) is 0.300. The molecule has 0 spiro atoms. The lowest BCUT2D eigenvalue weighted by Gasteiger charge is -2.29. The van der Waals surface area contributed by atoms with Crippen LogP contribution in [0.5, 0.6) is 11.5 Å². The molecule has 0 aromatic heterocycles. The van der Waals surface area contributed by atoms with Crippen molar-refractivity contribution >= 4 is 33.4 Å². The second kappa shape index (κ2) is 8.43. The number of rotatable bonds is 6. The summed E-state index contributed by atoms with van der Waals surface area (Å²) in [4.78, 5) is 28.1. The molecule has 6 nitrogen and oxygen atoms in total. The predicted octanol–water partition coefficient (Wildman–Crippen LogP) is 3.23. The van der Waals surface area contributed by atoms with E-state index in [1.807, 2.05) is 42.5 Å². The highest BCUT2D eigenvalue weighted by molar-refractivity contribution is 9.10. The van der Waals surface area contributed by atoms with Gasteiger partial charge in [0, 0.05) is 36.6 Å². The van der Waals surface area contributed by atoms with Crippen LogP contribution in [-0.2, 0) is 16.1 Å². The van der Waals surface area contributed by atoms with E-state index in [4.69, 9.17) is 9.47 Å². The number of methoxy groups -OCH3 is 1.